The van der Waals surface area contributed by atoms with Gasteiger partial charge in [0, 0.05) is 16.6 Å². The Labute approximate surface area is 94.7 Å². The number of likely N-dealkylation sites (N-methyl/N-ethyl adjacent to an activating group) is 1. The van der Waals surface area contributed by atoms with E-state index in [1.54, 1.807) is 0 Å². The molecule has 1 amide bonds. The van der Waals surface area contributed by atoms with E-state index in [2.05, 4.69) is 27.8 Å². The third-order valence-corrected chi connectivity index (χ3v) is 1.62. The molecule has 0 heterocycles. The van der Waals surface area contributed by atoms with Crippen molar-refractivity contribution in [2.24, 2.45) is 0 Å². The number of halogens is 1. The molecule has 3 nitrogen and oxygen atoms in total. The maximum absolute atomic E-state index is 11.5. The maximum atomic E-state index is 11.5. The van der Waals surface area contributed by atoms with Crippen molar-refractivity contribution in [1.82, 2.24) is 10.2 Å². The summed E-state index contributed by atoms with van der Waals surface area (Å²) in [6.45, 7) is 10.7. The van der Waals surface area contributed by atoms with Crippen LogP contribution in [0.15, 0.2) is 11.1 Å². The van der Waals surface area contributed by atoms with E-state index in [1.165, 1.54) is 0 Å². The van der Waals surface area contributed by atoms with Gasteiger partial charge in [0.15, 0.2) is 0 Å². The SMILES string of the molecule is C=C(Br)CN(C)CC(=O)NC(C)(C)C. The topological polar surface area (TPSA) is 32.3 Å². The Hall–Kier alpha value is -0.350. The summed E-state index contributed by atoms with van der Waals surface area (Å²) in [5, 5.41) is 2.90. The van der Waals surface area contributed by atoms with Gasteiger partial charge in [-0.1, -0.05) is 22.5 Å². The summed E-state index contributed by atoms with van der Waals surface area (Å²) < 4.78 is 0.878. The highest BCUT2D eigenvalue weighted by molar-refractivity contribution is 9.11. The molecular weight excluding hydrogens is 244 g/mol. The van der Waals surface area contributed by atoms with E-state index in [9.17, 15) is 4.79 Å². The van der Waals surface area contributed by atoms with Crippen LogP contribution < -0.4 is 5.32 Å². The van der Waals surface area contributed by atoms with Gasteiger partial charge >= 0.3 is 0 Å². The molecule has 0 atom stereocenters. The molecule has 0 aliphatic carbocycles. The molecular formula is C10H19BrN2O. The summed E-state index contributed by atoms with van der Waals surface area (Å²) in [7, 11) is 1.88. The maximum Gasteiger partial charge on any atom is 0.234 e. The number of carbonyl (C=O) groups excluding carboxylic acids is 1. The predicted octanol–water partition coefficient (Wildman–Crippen LogP) is 1.74. The van der Waals surface area contributed by atoms with Gasteiger partial charge in [0.05, 0.1) is 6.54 Å². The standard InChI is InChI=1S/C10H19BrN2O/c1-8(11)6-13(5)7-9(14)12-10(2,3)4/h1,6-7H2,2-5H3,(H,12,14). The summed E-state index contributed by atoms with van der Waals surface area (Å²) >= 11 is 3.26. The fourth-order valence-corrected chi connectivity index (χ4v) is 1.48. The van der Waals surface area contributed by atoms with Crippen LogP contribution in [-0.2, 0) is 4.79 Å². The molecule has 0 bridgehead atoms. The van der Waals surface area contributed by atoms with Crippen molar-refractivity contribution >= 4 is 21.8 Å². The smallest absolute Gasteiger partial charge is 0.234 e. The molecule has 0 aromatic carbocycles. The van der Waals surface area contributed by atoms with Crippen LogP contribution in [0.4, 0.5) is 0 Å². The average Bonchev–Trinajstić information content (AvgIpc) is 1.77. The fourth-order valence-electron chi connectivity index (χ4n) is 1.05. The molecule has 0 aliphatic rings. The largest absolute Gasteiger partial charge is 0.350 e. The van der Waals surface area contributed by atoms with Gasteiger partial charge in [-0.2, -0.15) is 0 Å². The molecule has 0 aliphatic heterocycles. The molecule has 0 aromatic heterocycles. The molecule has 1 N–H and O–H groups in total. The first-order valence-electron chi connectivity index (χ1n) is 4.53. The van der Waals surface area contributed by atoms with Gasteiger partial charge in [-0.3, -0.25) is 9.69 Å². The number of hydrogen-bond donors (Lipinski definition) is 1. The number of amides is 1. The van der Waals surface area contributed by atoms with Gasteiger partial charge in [-0.15, -0.1) is 0 Å². The zero-order valence-corrected chi connectivity index (χ0v) is 10.9. The number of nitrogens with one attached hydrogen (secondary N) is 1. The number of nitrogens with zero attached hydrogens (tertiary/aromatic N) is 1. The summed E-state index contributed by atoms with van der Waals surface area (Å²) in [5.74, 6) is 0.0359. The Morgan fingerprint density at radius 2 is 1.93 bits per heavy atom. The second kappa shape index (κ2) is 5.51. The Kier molecular flexibility index (Phi) is 5.37. The lowest BCUT2D eigenvalue weighted by Crippen LogP contribution is -2.45. The Bertz CT molecular complexity index is 221. The van der Waals surface area contributed by atoms with Crippen LogP contribution in [-0.4, -0.2) is 36.5 Å². The highest BCUT2D eigenvalue weighted by Gasteiger charge is 2.14. The van der Waals surface area contributed by atoms with E-state index < -0.39 is 0 Å². The minimum atomic E-state index is -0.163. The van der Waals surface area contributed by atoms with Gasteiger partial charge in [-0.05, 0) is 27.8 Å². The lowest BCUT2D eigenvalue weighted by molar-refractivity contribution is -0.123. The van der Waals surface area contributed by atoms with Crippen molar-refractivity contribution in [3.8, 4) is 0 Å². The molecule has 82 valence electrons. The Morgan fingerprint density at radius 1 is 1.43 bits per heavy atom. The molecule has 0 fully saturated rings. The zero-order chi connectivity index (χ0) is 11.4. The normalized spacial score (nSPS) is 11.6. The first kappa shape index (κ1) is 13.7. The molecule has 0 spiro atoms. The van der Waals surface area contributed by atoms with Crippen LogP contribution in [0.1, 0.15) is 20.8 Å². The van der Waals surface area contributed by atoms with E-state index in [0.717, 1.165) is 4.48 Å². The average molecular weight is 263 g/mol. The quantitative estimate of drug-likeness (QED) is 0.838. The van der Waals surface area contributed by atoms with Gasteiger partial charge in [-0.25, -0.2) is 0 Å². The molecule has 0 aromatic rings. The Morgan fingerprint density at radius 3 is 2.29 bits per heavy atom. The highest BCUT2D eigenvalue weighted by Crippen LogP contribution is 2.03. The zero-order valence-electron chi connectivity index (χ0n) is 9.35. The van der Waals surface area contributed by atoms with E-state index in [0.29, 0.717) is 13.1 Å². The van der Waals surface area contributed by atoms with Crippen LogP contribution in [0.3, 0.4) is 0 Å². The second-order valence-electron chi connectivity index (χ2n) is 4.49. The van der Waals surface area contributed by atoms with Crippen molar-refractivity contribution in [2.75, 3.05) is 20.1 Å². The van der Waals surface area contributed by atoms with E-state index in [-0.39, 0.29) is 11.4 Å². The summed E-state index contributed by atoms with van der Waals surface area (Å²) in [6.07, 6.45) is 0. The third kappa shape index (κ3) is 8.26. The summed E-state index contributed by atoms with van der Waals surface area (Å²) in [4.78, 5) is 13.4. The van der Waals surface area contributed by atoms with Gasteiger partial charge in [0.1, 0.15) is 0 Å². The molecule has 0 unspecified atom stereocenters. The van der Waals surface area contributed by atoms with E-state index in [1.807, 2.05) is 32.7 Å². The van der Waals surface area contributed by atoms with Crippen LogP contribution in [0.25, 0.3) is 0 Å². The van der Waals surface area contributed by atoms with Crippen molar-refractivity contribution in [1.29, 1.82) is 0 Å². The second-order valence-corrected chi connectivity index (χ2v) is 5.61. The minimum Gasteiger partial charge on any atom is -0.350 e. The Balaban J connectivity index is 3.89. The third-order valence-electron chi connectivity index (χ3n) is 1.37. The van der Waals surface area contributed by atoms with E-state index in [4.69, 9.17) is 0 Å². The molecule has 14 heavy (non-hydrogen) atoms. The van der Waals surface area contributed by atoms with Crippen LogP contribution in [0.2, 0.25) is 0 Å². The highest BCUT2D eigenvalue weighted by atomic mass is 79.9. The first-order valence-corrected chi connectivity index (χ1v) is 5.33. The van der Waals surface area contributed by atoms with Gasteiger partial charge in [0.2, 0.25) is 5.91 Å². The van der Waals surface area contributed by atoms with Crippen LogP contribution in [0.5, 0.6) is 0 Å². The van der Waals surface area contributed by atoms with Gasteiger partial charge < -0.3 is 5.32 Å². The summed E-state index contributed by atoms with van der Waals surface area (Å²) in [5.41, 5.74) is -0.163. The minimum absolute atomic E-state index is 0.0359. The molecule has 0 rings (SSSR count). The number of hydrogen-bond acceptors (Lipinski definition) is 2. The van der Waals surface area contributed by atoms with Crippen molar-refractivity contribution in [3.63, 3.8) is 0 Å². The van der Waals surface area contributed by atoms with Crippen molar-refractivity contribution in [2.45, 2.75) is 26.3 Å². The molecule has 0 saturated heterocycles. The summed E-state index contributed by atoms with van der Waals surface area (Å²) in [6, 6.07) is 0. The first-order chi connectivity index (χ1) is 6.20. The lowest BCUT2D eigenvalue weighted by Gasteiger charge is -2.23. The lowest BCUT2D eigenvalue weighted by atomic mass is 10.1. The predicted molar refractivity (Wildman–Crippen MR) is 63.5 cm³/mol. The van der Waals surface area contributed by atoms with Crippen LogP contribution >= 0.6 is 15.9 Å². The van der Waals surface area contributed by atoms with Crippen molar-refractivity contribution in [3.05, 3.63) is 11.1 Å². The van der Waals surface area contributed by atoms with Crippen LogP contribution in [0, 0.1) is 0 Å². The monoisotopic (exact) mass is 262 g/mol. The number of rotatable bonds is 4. The van der Waals surface area contributed by atoms with Crippen molar-refractivity contribution < 1.29 is 4.79 Å². The fraction of sp³-hybridized carbons (Fsp3) is 0.700. The molecule has 0 saturated carbocycles. The molecule has 4 heteroatoms. The van der Waals surface area contributed by atoms with Gasteiger partial charge in [0.25, 0.3) is 0 Å². The number of carbonyl (C=O) groups is 1. The molecule has 0 radical (unpaired) electrons. The van der Waals surface area contributed by atoms with E-state index >= 15 is 0 Å².